The number of nitrogens with zero attached hydrogens (tertiary/aromatic N) is 1. The molecule has 0 N–H and O–H groups in total. The van der Waals surface area contributed by atoms with E-state index in [1.54, 1.807) is 12.2 Å². The first-order chi connectivity index (χ1) is 12.7. The molecule has 26 heavy (non-hydrogen) atoms. The molecular formula is C24H18FN. The van der Waals surface area contributed by atoms with Crippen LogP contribution in [0.2, 0.25) is 0 Å². The maximum atomic E-state index is 14.8. The van der Waals surface area contributed by atoms with Gasteiger partial charge >= 0.3 is 0 Å². The van der Waals surface area contributed by atoms with E-state index in [0.29, 0.717) is 11.0 Å². The first-order valence-electron chi connectivity index (χ1n) is 8.48. The first-order valence-corrected chi connectivity index (χ1v) is 8.48. The predicted molar refractivity (Wildman–Crippen MR) is 110 cm³/mol. The fourth-order valence-electron chi connectivity index (χ4n) is 3.37. The average Bonchev–Trinajstić information content (AvgIpc) is 2.98. The summed E-state index contributed by atoms with van der Waals surface area (Å²) in [6.07, 6.45) is 5.41. The van der Waals surface area contributed by atoms with Crippen molar-refractivity contribution in [1.29, 1.82) is 0 Å². The van der Waals surface area contributed by atoms with Crippen molar-refractivity contribution in [2.24, 2.45) is 0 Å². The summed E-state index contributed by atoms with van der Waals surface area (Å²) in [5.41, 5.74) is 5.27. The van der Waals surface area contributed by atoms with Gasteiger partial charge in [-0.05, 0) is 46.5 Å². The van der Waals surface area contributed by atoms with Crippen LogP contribution in [0.25, 0.3) is 38.5 Å². The molecule has 0 aliphatic carbocycles. The molecule has 0 amide bonds. The maximum absolute atomic E-state index is 14.8. The third kappa shape index (κ3) is 2.56. The Balaban J connectivity index is 1.99. The van der Waals surface area contributed by atoms with Gasteiger partial charge in [-0.2, -0.15) is 4.79 Å². The molecular weight excluding hydrogens is 321 g/mol. The van der Waals surface area contributed by atoms with Gasteiger partial charge in [0.15, 0.2) is 0 Å². The Kier molecular flexibility index (Phi) is 4.02. The molecule has 126 valence electrons. The Bertz CT molecular complexity index is 1160. The third-order valence-electron chi connectivity index (χ3n) is 4.66. The fourth-order valence-corrected chi connectivity index (χ4v) is 3.37. The number of benzene rings is 3. The minimum absolute atomic E-state index is 0.566. The van der Waals surface area contributed by atoms with Crippen LogP contribution in [0.1, 0.15) is 5.56 Å². The largest absolute Gasteiger partial charge is 0.179 e. The molecule has 3 aromatic carbocycles. The van der Waals surface area contributed by atoms with Crippen molar-refractivity contribution in [3.8, 4) is 11.1 Å². The standard InChI is InChI=1S/C24H18FN/c1-3-8-17(4-2)19-11-13-23-21(15-19)22-16-20(12-14-24(22)26(23)25)18-9-6-5-7-10-18/h3-16H,1-2H2/b17-8+. The second-order valence-corrected chi connectivity index (χ2v) is 6.17. The number of hydrogen-bond acceptors (Lipinski definition) is 0. The molecule has 0 atom stereocenters. The summed E-state index contributed by atoms with van der Waals surface area (Å²) in [5.74, 6) is 0. The van der Waals surface area contributed by atoms with E-state index >= 15 is 0 Å². The lowest BCUT2D eigenvalue weighted by molar-refractivity contribution is 0.405. The third-order valence-corrected chi connectivity index (χ3v) is 4.66. The van der Waals surface area contributed by atoms with Gasteiger partial charge in [0.1, 0.15) is 0 Å². The highest BCUT2D eigenvalue weighted by Gasteiger charge is 2.13. The van der Waals surface area contributed by atoms with Gasteiger partial charge < -0.3 is 0 Å². The molecule has 0 bridgehead atoms. The van der Waals surface area contributed by atoms with E-state index in [-0.39, 0.29) is 0 Å². The van der Waals surface area contributed by atoms with Crippen LogP contribution in [-0.4, -0.2) is 4.79 Å². The molecule has 0 saturated carbocycles. The average molecular weight is 339 g/mol. The number of allylic oxidation sites excluding steroid dienone is 4. The molecule has 0 unspecified atom stereocenters. The SMILES string of the molecule is C=C/C=C(\C=C)c1ccc2c(c1)c1cc(-c3ccccc3)ccc1n2F. The van der Waals surface area contributed by atoms with Crippen molar-refractivity contribution in [1.82, 2.24) is 4.79 Å². The second kappa shape index (κ2) is 6.49. The summed E-state index contributed by atoms with van der Waals surface area (Å²) >= 11 is 0. The van der Waals surface area contributed by atoms with Gasteiger partial charge in [0, 0.05) is 10.8 Å². The molecule has 0 spiro atoms. The smallest absolute Gasteiger partial charge is 0.0826 e. The number of hydrogen-bond donors (Lipinski definition) is 0. The molecule has 0 radical (unpaired) electrons. The van der Waals surface area contributed by atoms with Gasteiger partial charge in [-0.25, -0.2) is 0 Å². The van der Waals surface area contributed by atoms with Crippen LogP contribution in [0, 0.1) is 0 Å². The lowest BCUT2D eigenvalue weighted by atomic mass is 10.00. The Morgan fingerprint density at radius 1 is 0.808 bits per heavy atom. The molecule has 0 fully saturated rings. The van der Waals surface area contributed by atoms with Crippen LogP contribution in [0.3, 0.4) is 0 Å². The second-order valence-electron chi connectivity index (χ2n) is 6.17. The Morgan fingerprint density at radius 2 is 1.50 bits per heavy atom. The molecule has 0 aliphatic rings. The van der Waals surface area contributed by atoms with E-state index in [4.69, 9.17) is 0 Å². The van der Waals surface area contributed by atoms with Crippen LogP contribution >= 0.6 is 0 Å². The number of fused-ring (bicyclic) bond motifs is 3. The molecule has 1 nitrogen and oxygen atoms in total. The van der Waals surface area contributed by atoms with Crippen LogP contribution in [0.15, 0.2) is 98.1 Å². The minimum atomic E-state index is 0.566. The number of aromatic nitrogens is 1. The Morgan fingerprint density at radius 3 is 2.19 bits per heavy atom. The molecule has 1 aromatic heterocycles. The molecule has 4 aromatic rings. The highest BCUT2D eigenvalue weighted by molar-refractivity contribution is 6.10. The van der Waals surface area contributed by atoms with Crippen molar-refractivity contribution in [2.75, 3.05) is 0 Å². The van der Waals surface area contributed by atoms with Gasteiger partial charge in [0.2, 0.25) is 0 Å². The summed E-state index contributed by atoms with van der Waals surface area (Å²) in [5, 5.41) is 1.78. The topological polar surface area (TPSA) is 4.93 Å². The van der Waals surface area contributed by atoms with Crippen LogP contribution in [0.4, 0.5) is 4.48 Å². The monoisotopic (exact) mass is 339 g/mol. The molecule has 1 heterocycles. The summed E-state index contributed by atoms with van der Waals surface area (Å²) in [4.78, 5) is 0.758. The molecule has 0 saturated heterocycles. The lowest BCUT2D eigenvalue weighted by Crippen LogP contribution is -1.83. The van der Waals surface area contributed by atoms with Gasteiger partial charge in [-0.15, -0.1) is 0 Å². The predicted octanol–water partition coefficient (Wildman–Crippen LogP) is 6.95. The summed E-state index contributed by atoms with van der Waals surface area (Å²) in [6.45, 7) is 7.61. The van der Waals surface area contributed by atoms with Gasteiger partial charge in [-0.3, -0.25) is 0 Å². The van der Waals surface area contributed by atoms with Crippen LogP contribution in [-0.2, 0) is 0 Å². The molecule has 4 rings (SSSR count). The normalized spacial score (nSPS) is 11.8. The zero-order chi connectivity index (χ0) is 18.1. The maximum Gasteiger partial charge on any atom is 0.0826 e. The van der Waals surface area contributed by atoms with E-state index in [0.717, 1.165) is 37.8 Å². The van der Waals surface area contributed by atoms with E-state index in [2.05, 4.69) is 31.4 Å². The zero-order valence-corrected chi connectivity index (χ0v) is 14.3. The van der Waals surface area contributed by atoms with E-state index in [1.807, 2.05) is 54.6 Å². The van der Waals surface area contributed by atoms with Gasteiger partial charge in [-0.1, -0.05) is 78.3 Å². The van der Waals surface area contributed by atoms with E-state index in [1.165, 1.54) is 0 Å². The highest BCUT2D eigenvalue weighted by Crippen LogP contribution is 2.34. The quantitative estimate of drug-likeness (QED) is 0.355. The van der Waals surface area contributed by atoms with Crippen molar-refractivity contribution >= 4 is 27.4 Å². The lowest BCUT2D eigenvalue weighted by Gasteiger charge is -2.03. The highest BCUT2D eigenvalue weighted by atomic mass is 19.2. The van der Waals surface area contributed by atoms with E-state index < -0.39 is 0 Å². The Hall–Kier alpha value is -3.39. The number of halogens is 1. The first kappa shape index (κ1) is 16.1. The fraction of sp³-hybridized carbons (Fsp3) is 0. The van der Waals surface area contributed by atoms with Crippen LogP contribution in [0.5, 0.6) is 0 Å². The summed E-state index contributed by atoms with van der Waals surface area (Å²) < 4.78 is 14.8. The van der Waals surface area contributed by atoms with Crippen LogP contribution < -0.4 is 0 Å². The van der Waals surface area contributed by atoms with Gasteiger partial charge in [0.25, 0.3) is 0 Å². The van der Waals surface area contributed by atoms with Crippen molar-refractivity contribution < 1.29 is 4.48 Å². The van der Waals surface area contributed by atoms with Crippen molar-refractivity contribution in [3.05, 3.63) is 104 Å². The Labute approximate surface area is 151 Å². The molecule has 2 heteroatoms. The molecule has 0 aliphatic heterocycles. The van der Waals surface area contributed by atoms with Crippen molar-refractivity contribution in [2.45, 2.75) is 0 Å². The van der Waals surface area contributed by atoms with Gasteiger partial charge in [0.05, 0.1) is 11.0 Å². The summed E-state index contributed by atoms with van der Waals surface area (Å²) in [6, 6.07) is 21.7. The minimum Gasteiger partial charge on any atom is -0.179 e. The summed E-state index contributed by atoms with van der Waals surface area (Å²) in [7, 11) is 0. The van der Waals surface area contributed by atoms with E-state index in [9.17, 15) is 4.48 Å². The zero-order valence-electron chi connectivity index (χ0n) is 14.3. The van der Waals surface area contributed by atoms with Crippen molar-refractivity contribution in [3.63, 3.8) is 0 Å². The number of rotatable bonds is 4.